The van der Waals surface area contributed by atoms with Gasteiger partial charge in [0.15, 0.2) is 0 Å². The van der Waals surface area contributed by atoms with Crippen LogP contribution in [0.15, 0.2) is 0 Å². The maximum absolute atomic E-state index is 12.3. The molecule has 1 saturated heterocycles. The fourth-order valence-electron chi connectivity index (χ4n) is 2.33. The Morgan fingerprint density at radius 1 is 1.33 bits per heavy atom. The molecule has 1 heterocycles. The molecule has 0 aromatic heterocycles. The maximum atomic E-state index is 12.3. The fraction of sp³-hybridized carbons (Fsp3) is 0.846. The topological polar surface area (TPSA) is 60.9 Å². The van der Waals surface area contributed by atoms with Crippen LogP contribution in [-0.2, 0) is 4.79 Å². The standard InChI is InChI=1S/C13H24N2O3/c1-3-7-15(10-12(16)17)13(18)14-8-4-5-11(2)6-9-14/h11H,3-10H2,1-2H3,(H,16,17). The van der Waals surface area contributed by atoms with Crippen molar-refractivity contribution in [1.29, 1.82) is 0 Å². The summed E-state index contributed by atoms with van der Waals surface area (Å²) in [6, 6.07) is -0.117. The van der Waals surface area contributed by atoms with E-state index < -0.39 is 5.97 Å². The second-order valence-electron chi connectivity index (χ2n) is 5.12. The summed E-state index contributed by atoms with van der Waals surface area (Å²) >= 11 is 0. The Bertz CT molecular complexity index is 294. The van der Waals surface area contributed by atoms with Gasteiger partial charge >= 0.3 is 12.0 Å². The molecule has 0 radical (unpaired) electrons. The van der Waals surface area contributed by atoms with Gasteiger partial charge in [0.1, 0.15) is 6.54 Å². The molecule has 0 bridgehead atoms. The average molecular weight is 256 g/mol. The minimum absolute atomic E-state index is 0.117. The third-order valence-corrected chi connectivity index (χ3v) is 3.38. The Labute approximate surface area is 109 Å². The number of hydrogen-bond donors (Lipinski definition) is 1. The Morgan fingerprint density at radius 2 is 2.06 bits per heavy atom. The smallest absolute Gasteiger partial charge is 0.323 e. The normalized spacial score (nSPS) is 20.3. The predicted octanol–water partition coefficient (Wildman–Crippen LogP) is 2.02. The number of carbonyl (C=O) groups excluding carboxylic acids is 1. The van der Waals surface area contributed by atoms with E-state index in [1.54, 1.807) is 0 Å². The number of rotatable bonds is 4. The van der Waals surface area contributed by atoms with Crippen LogP contribution in [0.1, 0.15) is 39.5 Å². The summed E-state index contributed by atoms with van der Waals surface area (Å²) in [5.74, 6) is -0.290. The molecule has 1 fully saturated rings. The predicted molar refractivity (Wildman–Crippen MR) is 69.5 cm³/mol. The van der Waals surface area contributed by atoms with Gasteiger partial charge in [-0.3, -0.25) is 4.79 Å². The summed E-state index contributed by atoms with van der Waals surface area (Å²) in [4.78, 5) is 26.3. The molecule has 1 N–H and O–H groups in total. The highest BCUT2D eigenvalue weighted by molar-refractivity contribution is 5.80. The van der Waals surface area contributed by atoms with E-state index in [4.69, 9.17) is 5.11 Å². The van der Waals surface area contributed by atoms with Gasteiger partial charge < -0.3 is 14.9 Å². The zero-order valence-electron chi connectivity index (χ0n) is 11.4. The summed E-state index contributed by atoms with van der Waals surface area (Å²) in [6.45, 7) is 5.97. The quantitative estimate of drug-likeness (QED) is 0.837. The van der Waals surface area contributed by atoms with Crippen LogP contribution in [0.5, 0.6) is 0 Å². The summed E-state index contributed by atoms with van der Waals surface area (Å²) in [6.07, 6.45) is 3.96. The first-order chi connectivity index (χ1) is 8.54. The van der Waals surface area contributed by atoms with Gasteiger partial charge in [-0.05, 0) is 31.6 Å². The van der Waals surface area contributed by atoms with E-state index in [1.807, 2.05) is 11.8 Å². The van der Waals surface area contributed by atoms with Gasteiger partial charge in [0.05, 0.1) is 0 Å². The number of carboxylic acid groups (broad SMARTS) is 1. The lowest BCUT2D eigenvalue weighted by molar-refractivity contribution is -0.137. The molecule has 104 valence electrons. The Hall–Kier alpha value is -1.26. The molecule has 1 aliphatic heterocycles. The van der Waals surface area contributed by atoms with E-state index in [0.29, 0.717) is 12.5 Å². The highest BCUT2D eigenvalue weighted by atomic mass is 16.4. The molecule has 5 heteroatoms. The number of hydrogen-bond acceptors (Lipinski definition) is 2. The van der Waals surface area contributed by atoms with Gasteiger partial charge in [-0.25, -0.2) is 4.79 Å². The molecule has 1 rings (SSSR count). The molecule has 1 aliphatic rings. The van der Waals surface area contributed by atoms with Crippen molar-refractivity contribution < 1.29 is 14.7 Å². The van der Waals surface area contributed by atoms with Crippen LogP contribution in [0, 0.1) is 5.92 Å². The average Bonchev–Trinajstić information content (AvgIpc) is 2.52. The minimum atomic E-state index is -0.944. The van der Waals surface area contributed by atoms with Crippen molar-refractivity contribution in [3.63, 3.8) is 0 Å². The van der Waals surface area contributed by atoms with Crippen molar-refractivity contribution >= 4 is 12.0 Å². The molecular weight excluding hydrogens is 232 g/mol. The summed E-state index contributed by atoms with van der Waals surface area (Å²) in [5.41, 5.74) is 0. The van der Waals surface area contributed by atoms with E-state index in [2.05, 4.69) is 6.92 Å². The van der Waals surface area contributed by atoms with Gasteiger partial charge in [-0.1, -0.05) is 13.8 Å². The Balaban J connectivity index is 2.60. The van der Waals surface area contributed by atoms with Crippen LogP contribution in [0.4, 0.5) is 4.79 Å². The molecule has 5 nitrogen and oxygen atoms in total. The van der Waals surface area contributed by atoms with Crippen molar-refractivity contribution in [3.05, 3.63) is 0 Å². The molecule has 0 aliphatic carbocycles. The summed E-state index contributed by atoms with van der Waals surface area (Å²) < 4.78 is 0. The fourth-order valence-corrected chi connectivity index (χ4v) is 2.33. The number of urea groups is 1. The highest BCUT2D eigenvalue weighted by Gasteiger charge is 2.24. The van der Waals surface area contributed by atoms with E-state index in [9.17, 15) is 9.59 Å². The molecule has 0 aromatic rings. The first-order valence-electron chi connectivity index (χ1n) is 6.80. The SMILES string of the molecule is CCCN(CC(=O)O)C(=O)N1CCCC(C)CC1. The zero-order valence-corrected chi connectivity index (χ0v) is 11.4. The second-order valence-corrected chi connectivity index (χ2v) is 5.12. The largest absolute Gasteiger partial charge is 0.480 e. The van der Waals surface area contributed by atoms with E-state index in [1.165, 1.54) is 4.90 Å². The van der Waals surface area contributed by atoms with Gasteiger partial charge in [0.25, 0.3) is 0 Å². The highest BCUT2D eigenvalue weighted by Crippen LogP contribution is 2.17. The first kappa shape index (κ1) is 14.8. The van der Waals surface area contributed by atoms with Crippen molar-refractivity contribution in [2.75, 3.05) is 26.2 Å². The van der Waals surface area contributed by atoms with Crippen molar-refractivity contribution in [1.82, 2.24) is 9.80 Å². The van der Waals surface area contributed by atoms with Crippen LogP contribution in [0.2, 0.25) is 0 Å². The molecule has 2 amide bonds. The van der Waals surface area contributed by atoms with E-state index in [0.717, 1.165) is 38.8 Å². The second kappa shape index (κ2) is 7.24. The molecule has 1 unspecified atom stereocenters. The van der Waals surface area contributed by atoms with Gasteiger partial charge in [0.2, 0.25) is 0 Å². The number of amides is 2. The van der Waals surface area contributed by atoms with Crippen molar-refractivity contribution in [2.24, 2.45) is 5.92 Å². The molecule has 1 atom stereocenters. The lowest BCUT2D eigenvalue weighted by Gasteiger charge is -2.28. The number of carboxylic acids is 1. The first-order valence-corrected chi connectivity index (χ1v) is 6.80. The van der Waals surface area contributed by atoms with Crippen LogP contribution in [-0.4, -0.2) is 53.1 Å². The van der Waals surface area contributed by atoms with Gasteiger partial charge in [-0.2, -0.15) is 0 Å². The van der Waals surface area contributed by atoms with Crippen molar-refractivity contribution in [2.45, 2.75) is 39.5 Å². The molecule has 0 saturated carbocycles. The minimum Gasteiger partial charge on any atom is -0.480 e. The molecule has 18 heavy (non-hydrogen) atoms. The number of aliphatic carboxylic acids is 1. The third-order valence-electron chi connectivity index (χ3n) is 3.38. The van der Waals surface area contributed by atoms with Gasteiger partial charge in [0, 0.05) is 19.6 Å². The maximum Gasteiger partial charge on any atom is 0.323 e. The summed E-state index contributed by atoms with van der Waals surface area (Å²) in [7, 11) is 0. The Morgan fingerprint density at radius 3 is 2.67 bits per heavy atom. The van der Waals surface area contributed by atoms with Crippen LogP contribution in [0.25, 0.3) is 0 Å². The van der Waals surface area contributed by atoms with Crippen LogP contribution in [0.3, 0.4) is 0 Å². The van der Waals surface area contributed by atoms with Crippen molar-refractivity contribution in [3.8, 4) is 0 Å². The molecular formula is C13H24N2O3. The van der Waals surface area contributed by atoms with E-state index in [-0.39, 0.29) is 12.6 Å². The van der Waals surface area contributed by atoms with Crippen LogP contribution >= 0.6 is 0 Å². The number of carbonyl (C=O) groups is 2. The Kier molecular flexibility index (Phi) is 5.95. The molecule has 0 spiro atoms. The van der Waals surface area contributed by atoms with Gasteiger partial charge in [-0.15, -0.1) is 0 Å². The third kappa shape index (κ3) is 4.55. The lowest BCUT2D eigenvalue weighted by Crippen LogP contribution is -2.46. The van der Waals surface area contributed by atoms with Crippen LogP contribution < -0.4 is 0 Å². The lowest BCUT2D eigenvalue weighted by atomic mass is 10.0. The molecule has 0 aromatic carbocycles. The number of likely N-dealkylation sites (tertiary alicyclic amines) is 1. The van der Waals surface area contributed by atoms with E-state index >= 15 is 0 Å². The zero-order chi connectivity index (χ0) is 13.5. The summed E-state index contributed by atoms with van der Waals surface area (Å²) in [5, 5.41) is 8.84. The monoisotopic (exact) mass is 256 g/mol. The number of nitrogens with zero attached hydrogens (tertiary/aromatic N) is 2.